The summed E-state index contributed by atoms with van der Waals surface area (Å²) in [6.45, 7) is 6.77. The van der Waals surface area contributed by atoms with Gasteiger partial charge in [0.2, 0.25) is 0 Å². The van der Waals surface area contributed by atoms with Crippen molar-refractivity contribution in [1.29, 1.82) is 0 Å². The summed E-state index contributed by atoms with van der Waals surface area (Å²) in [5.41, 5.74) is 2.32. The van der Waals surface area contributed by atoms with Crippen LogP contribution in [0, 0.1) is 0 Å². The van der Waals surface area contributed by atoms with E-state index in [0.717, 1.165) is 70.9 Å². The Bertz CT molecular complexity index is 1020. The van der Waals surface area contributed by atoms with Crippen LogP contribution in [0.2, 0.25) is 10.0 Å². The number of carbonyl (C=O) groups is 2. The highest BCUT2D eigenvalue weighted by atomic mass is 35.5. The van der Waals surface area contributed by atoms with Gasteiger partial charge in [0.25, 0.3) is 11.8 Å². The molecule has 2 aromatic rings. The molecule has 2 aromatic carbocycles. The van der Waals surface area contributed by atoms with E-state index in [1.54, 1.807) is 18.2 Å². The Morgan fingerprint density at radius 3 is 2.41 bits per heavy atom. The van der Waals surface area contributed by atoms with Gasteiger partial charge in [0.05, 0.1) is 29.4 Å². The van der Waals surface area contributed by atoms with Crippen LogP contribution >= 0.6 is 23.2 Å². The van der Waals surface area contributed by atoms with Crippen molar-refractivity contribution in [2.75, 3.05) is 62.7 Å². The second-order valence-electron chi connectivity index (χ2n) is 8.57. The number of hydrogen-bond donors (Lipinski definition) is 2. The zero-order valence-corrected chi connectivity index (χ0v) is 20.6. The first-order chi connectivity index (χ1) is 16.5. The number of amides is 2. The van der Waals surface area contributed by atoms with Crippen LogP contribution in [0.15, 0.2) is 36.4 Å². The third-order valence-corrected chi connectivity index (χ3v) is 6.71. The lowest BCUT2D eigenvalue weighted by Gasteiger charge is -2.26. The number of nitrogens with zero attached hydrogens (tertiary/aromatic N) is 2. The van der Waals surface area contributed by atoms with E-state index in [4.69, 9.17) is 27.9 Å². The highest BCUT2D eigenvalue weighted by Crippen LogP contribution is 2.28. The minimum Gasteiger partial charge on any atom is -0.379 e. The predicted molar refractivity (Wildman–Crippen MR) is 137 cm³/mol. The maximum Gasteiger partial charge on any atom is 0.257 e. The molecule has 4 rings (SSSR count). The zero-order valence-electron chi connectivity index (χ0n) is 19.1. The molecule has 2 amide bonds. The van der Waals surface area contributed by atoms with Crippen molar-refractivity contribution in [3.8, 4) is 0 Å². The third-order valence-electron chi connectivity index (χ3n) is 6.16. The molecule has 9 heteroatoms. The number of anilines is 2. The summed E-state index contributed by atoms with van der Waals surface area (Å²) in [4.78, 5) is 30.5. The lowest BCUT2D eigenvalue weighted by atomic mass is 10.1. The first-order valence-corrected chi connectivity index (χ1v) is 12.5. The molecule has 2 aliphatic rings. The number of carbonyl (C=O) groups excluding carboxylic acids is 2. The minimum absolute atomic E-state index is 0.135. The number of halogens is 2. The Hall–Kier alpha value is -2.32. The van der Waals surface area contributed by atoms with Crippen molar-refractivity contribution < 1.29 is 14.3 Å². The van der Waals surface area contributed by atoms with E-state index >= 15 is 0 Å². The Morgan fingerprint density at radius 2 is 1.68 bits per heavy atom. The summed E-state index contributed by atoms with van der Waals surface area (Å²) in [6, 6.07) is 10.2. The Balaban J connectivity index is 1.44. The first-order valence-electron chi connectivity index (χ1n) is 11.7. The fourth-order valence-electron chi connectivity index (χ4n) is 4.33. The van der Waals surface area contributed by atoms with Gasteiger partial charge in [-0.3, -0.25) is 14.5 Å². The van der Waals surface area contributed by atoms with Crippen molar-refractivity contribution in [3.63, 3.8) is 0 Å². The molecule has 0 spiro atoms. The van der Waals surface area contributed by atoms with Gasteiger partial charge >= 0.3 is 0 Å². The van der Waals surface area contributed by atoms with Gasteiger partial charge in [-0.05, 0) is 62.2 Å². The number of benzene rings is 2. The third kappa shape index (κ3) is 6.42. The molecular formula is C25H30Cl2N4O3. The first kappa shape index (κ1) is 24.8. The van der Waals surface area contributed by atoms with Crippen LogP contribution in [0.4, 0.5) is 11.4 Å². The summed E-state index contributed by atoms with van der Waals surface area (Å²) in [6.07, 6.45) is 3.08. The van der Waals surface area contributed by atoms with Crippen molar-refractivity contribution in [2.24, 2.45) is 0 Å². The highest BCUT2D eigenvalue weighted by Gasteiger charge is 2.21. The molecule has 0 saturated carbocycles. The predicted octanol–water partition coefficient (Wildman–Crippen LogP) is 4.30. The fourth-order valence-corrected chi connectivity index (χ4v) is 4.82. The molecule has 2 heterocycles. The van der Waals surface area contributed by atoms with Crippen LogP contribution in [-0.4, -0.2) is 69.2 Å². The summed E-state index contributed by atoms with van der Waals surface area (Å²) < 4.78 is 5.38. The van der Waals surface area contributed by atoms with Crippen LogP contribution < -0.4 is 15.5 Å². The minimum atomic E-state index is -0.354. The molecule has 0 unspecified atom stereocenters. The van der Waals surface area contributed by atoms with Crippen LogP contribution in [0.3, 0.4) is 0 Å². The summed E-state index contributed by atoms with van der Waals surface area (Å²) in [5, 5.41) is 6.65. The number of rotatable bonds is 8. The molecule has 182 valence electrons. The number of hydrogen-bond acceptors (Lipinski definition) is 5. The second-order valence-corrected chi connectivity index (χ2v) is 9.41. The zero-order chi connectivity index (χ0) is 23.9. The lowest BCUT2D eigenvalue weighted by Crippen LogP contribution is -2.38. The highest BCUT2D eigenvalue weighted by molar-refractivity contribution is 6.37. The maximum atomic E-state index is 13.2. The van der Waals surface area contributed by atoms with Gasteiger partial charge in [0.15, 0.2) is 0 Å². The topological polar surface area (TPSA) is 73.9 Å². The molecule has 0 aromatic heterocycles. The normalized spacial score (nSPS) is 16.5. The van der Waals surface area contributed by atoms with Crippen molar-refractivity contribution in [3.05, 3.63) is 57.6 Å². The van der Waals surface area contributed by atoms with Gasteiger partial charge in [0.1, 0.15) is 0 Å². The van der Waals surface area contributed by atoms with E-state index in [-0.39, 0.29) is 16.8 Å². The summed E-state index contributed by atoms with van der Waals surface area (Å²) in [5.74, 6) is -0.489. The van der Waals surface area contributed by atoms with E-state index in [2.05, 4.69) is 20.4 Å². The molecule has 2 fully saturated rings. The van der Waals surface area contributed by atoms with Gasteiger partial charge < -0.3 is 20.3 Å². The quantitative estimate of drug-likeness (QED) is 0.524. The molecule has 0 bridgehead atoms. The largest absolute Gasteiger partial charge is 0.379 e. The molecule has 34 heavy (non-hydrogen) atoms. The standard InChI is InChI=1S/C25H30Cl2N4O3/c26-18-4-6-20(22(27)16-18)25(33)29-19-5-7-23(31-10-1-2-11-31)21(17-19)24(32)28-8-3-9-30-12-14-34-15-13-30/h4-7,16-17H,1-3,8-15H2,(H,28,32)(H,29,33). The van der Waals surface area contributed by atoms with E-state index in [9.17, 15) is 9.59 Å². The SMILES string of the molecule is O=C(Nc1ccc(N2CCCC2)c(C(=O)NCCCN2CCOCC2)c1)c1ccc(Cl)cc1Cl. The van der Waals surface area contributed by atoms with E-state index < -0.39 is 0 Å². The summed E-state index contributed by atoms with van der Waals surface area (Å²) >= 11 is 12.1. The lowest BCUT2D eigenvalue weighted by molar-refractivity contribution is 0.0374. The Labute approximate surface area is 210 Å². The maximum absolute atomic E-state index is 13.2. The average Bonchev–Trinajstić information content (AvgIpc) is 3.37. The molecule has 0 radical (unpaired) electrons. The van der Waals surface area contributed by atoms with Gasteiger partial charge in [-0.25, -0.2) is 0 Å². The number of ether oxygens (including phenoxy) is 1. The average molecular weight is 505 g/mol. The summed E-state index contributed by atoms with van der Waals surface area (Å²) in [7, 11) is 0. The second kappa shape index (κ2) is 11.9. The van der Waals surface area contributed by atoms with Crippen molar-refractivity contribution >= 4 is 46.4 Å². The Kier molecular flexibility index (Phi) is 8.67. The molecule has 0 aliphatic carbocycles. The number of morpholine rings is 1. The van der Waals surface area contributed by atoms with Gasteiger partial charge in [0, 0.05) is 49.1 Å². The molecule has 2 N–H and O–H groups in total. The van der Waals surface area contributed by atoms with Crippen LogP contribution in [-0.2, 0) is 4.74 Å². The molecule has 2 aliphatic heterocycles. The van der Waals surface area contributed by atoms with Crippen molar-refractivity contribution in [2.45, 2.75) is 19.3 Å². The van der Waals surface area contributed by atoms with E-state index in [1.807, 2.05) is 12.1 Å². The number of nitrogens with one attached hydrogen (secondary N) is 2. The molecule has 2 saturated heterocycles. The van der Waals surface area contributed by atoms with Gasteiger partial charge in [-0.15, -0.1) is 0 Å². The van der Waals surface area contributed by atoms with E-state index in [1.165, 1.54) is 6.07 Å². The Morgan fingerprint density at radius 1 is 0.912 bits per heavy atom. The molecule has 0 atom stereocenters. The van der Waals surface area contributed by atoms with E-state index in [0.29, 0.717) is 28.4 Å². The van der Waals surface area contributed by atoms with Crippen LogP contribution in [0.5, 0.6) is 0 Å². The van der Waals surface area contributed by atoms with Gasteiger partial charge in [-0.2, -0.15) is 0 Å². The monoisotopic (exact) mass is 504 g/mol. The van der Waals surface area contributed by atoms with Crippen molar-refractivity contribution in [1.82, 2.24) is 10.2 Å². The van der Waals surface area contributed by atoms with Gasteiger partial charge in [-0.1, -0.05) is 23.2 Å². The fraction of sp³-hybridized carbons (Fsp3) is 0.440. The van der Waals surface area contributed by atoms with Crippen LogP contribution in [0.1, 0.15) is 40.0 Å². The van der Waals surface area contributed by atoms with Crippen LogP contribution in [0.25, 0.3) is 0 Å². The smallest absolute Gasteiger partial charge is 0.257 e. The molecular weight excluding hydrogens is 475 g/mol. The molecule has 7 nitrogen and oxygen atoms in total.